The van der Waals surface area contributed by atoms with Gasteiger partial charge in [0.2, 0.25) is 0 Å². The van der Waals surface area contributed by atoms with Gasteiger partial charge in [-0.05, 0) is 54.7 Å². The van der Waals surface area contributed by atoms with E-state index in [0.717, 1.165) is 60.9 Å². The van der Waals surface area contributed by atoms with Gasteiger partial charge in [-0.2, -0.15) is 13.2 Å². The second-order valence-electron chi connectivity index (χ2n) is 8.10. The Hall–Kier alpha value is -2.21. The quantitative estimate of drug-likeness (QED) is 0.541. The second-order valence-corrected chi connectivity index (χ2v) is 8.51. The minimum atomic E-state index is -4.36. The number of alkyl halides is 3. The highest BCUT2D eigenvalue weighted by atomic mass is 35.5. The minimum absolute atomic E-state index is 0.186. The van der Waals surface area contributed by atoms with Crippen LogP contribution in [-0.4, -0.2) is 11.4 Å². The number of aryl methyl sites for hydroxylation is 1. The van der Waals surface area contributed by atoms with Gasteiger partial charge in [0.05, 0.1) is 29.0 Å². The molecule has 1 saturated carbocycles. The van der Waals surface area contributed by atoms with Crippen molar-refractivity contribution in [1.29, 1.82) is 0 Å². The van der Waals surface area contributed by atoms with Gasteiger partial charge in [-0.25, -0.2) is 0 Å². The van der Waals surface area contributed by atoms with Crippen molar-refractivity contribution in [3.8, 4) is 0 Å². The van der Waals surface area contributed by atoms with Gasteiger partial charge >= 0.3 is 6.18 Å². The van der Waals surface area contributed by atoms with Crippen LogP contribution in [0, 0.1) is 0 Å². The van der Waals surface area contributed by atoms with Crippen molar-refractivity contribution in [2.45, 2.75) is 63.7 Å². The van der Waals surface area contributed by atoms with Gasteiger partial charge in [-0.1, -0.05) is 49.9 Å². The summed E-state index contributed by atoms with van der Waals surface area (Å²) in [5, 5.41) is 7.85. The maximum Gasteiger partial charge on any atom is 0.416 e. The van der Waals surface area contributed by atoms with Crippen LogP contribution in [0.25, 0.3) is 0 Å². The first-order valence-electron chi connectivity index (χ1n) is 10.4. The van der Waals surface area contributed by atoms with E-state index in [2.05, 4.69) is 23.6 Å². The summed E-state index contributed by atoms with van der Waals surface area (Å²) in [5.74, 6) is 0.785. The molecule has 1 aliphatic carbocycles. The Labute approximate surface area is 179 Å². The fourth-order valence-electron chi connectivity index (χ4n) is 4.38. The van der Waals surface area contributed by atoms with Crippen molar-refractivity contribution in [1.82, 2.24) is 0 Å². The molecule has 2 aromatic rings. The summed E-state index contributed by atoms with van der Waals surface area (Å²) in [6.45, 7) is 2.26. The average molecular weight is 436 g/mol. The molecule has 3 nitrogen and oxygen atoms in total. The maximum absolute atomic E-state index is 13.0. The zero-order chi connectivity index (χ0) is 21.4. The molecule has 0 saturated heterocycles. The molecule has 0 radical (unpaired) electrons. The number of halogens is 4. The lowest BCUT2D eigenvalue weighted by Gasteiger charge is -2.44. The van der Waals surface area contributed by atoms with Crippen molar-refractivity contribution < 1.29 is 13.2 Å². The molecule has 1 aliphatic heterocycles. The summed E-state index contributed by atoms with van der Waals surface area (Å²) < 4.78 is 39.1. The summed E-state index contributed by atoms with van der Waals surface area (Å²) in [7, 11) is 0. The molecule has 0 bridgehead atoms. The average Bonchev–Trinajstić information content (AvgIpc) is 2.72. The highest BCUT2D eigenvalue weighted by Crippen LogP contribution is 2.41. The number of rotatable bonds is 3. The summed E-state index contributed by atoms with van der Waals surface area (Å²) in [4.78, 5) is 4.76. The van der Waals surface area contributed by atoms with Crippen molar-refractivity contribution in [2.24, 2.45) is 4.99 Å². The highest BCUT2D eigenvalue weighted by Gasteiger charge is 2.41. The van der Waals surface area contributed by atoms with E-state index in [4.69, 9.17) is 16.6 Å². The fraction of sp³-hybridized carbons (Fsp3) is 0.435. The first kappa shape index (κ1) is 21.0. The Kier molecular flexibility index (Phi) is 5.71. The van der Waals surface area contributed by atoms with Gasteiger partial charge in [-0.3, -0.25) is 4.99 Å². The van der Waals surface area contributed by atoms with Gasteiger partial charge in [0.1, 0.15) is 5.84 Å². The van der Waals surface area contributed by atoms with Gasteiger partial charge in [-0.15, -0.1) is 0 Å². The molecule has 1 spiro atoms. The number of amidine groups is 1. The Bertz CT molecular complexity index is 963. The Morgan fingerprint density at radius 3 is 2.53 bits per heavy atom. The molecular formula is C23H25ClF3N3. The monoisotopic (exact) mass is 435 g/mol. The Morgan fingerprint density at radius 2 is 1.83 bits per heavy atom. The van der Waals surface area contributed by atoms with E-state index in [-0.39, 0.29) is 12.1 Å². The molecule has 160 valence electrons. The van der Waals surface area contributed by atoms with Crippen molar-refractivity contribution in [3.63, 3.8) is 0 Å². The van der Waals surface area contributed by atoms with E-state index in [0.29, 0.717) is 10.6 Å². The number of nitrogens with one attached hydrogen (secondary N) is 2. The number of aliphatic imine (C=N–C) groups is 1. The summed E-state index contributed by atoms with van der Waals surface area (Å²) >= 11 is 6.41. The highest BCUT2D eigenvalue weighted by molar-refractivity contribution is 6.32. The van der Waals surface area contributed by atoms with Crippen LogP contribution < -0.4 is 10.6 Å². The maximum atomic E-state index is 13.0. The van der Waals surface area contributed by atoms with Crippen LogP contribution in [-0.2, 0) is 19.1 Å². The molecule has 7 heteroatoms. The lowest BCUT2D eigenvalue weighted by atomic mass is 9.79. The molecule has 0 unspecified atom stereocenters. The van der Waals surface area contributed by atoms with Crippen LogP contribution >= 0.6 is 11.6 Å². The van der Waals surface area contributed by atoms with Crippen LogP contribution in [0.3, 0.4) is 0 Å². The third kappa shape index (κ3) is 4.15. The number of fused-ring (bicyclic) bond motifs is 1. The van der Waals surface area contributed by atoms with Crippen molar-refractivity contribution in [2.75, 3.05) is 10.6 Å². The van der Waals surface area contributed by atoms with Gasteiger partial charge in [0, 0.05) is 5.02 Å². The number of anilines is 2. The molecule has 30 heavy (non-hydrogen) atoms. The van der Waals surface area contributed by atoms with Crippen LogP contribution in [0.15, 0.2) is 41.4 Å². The van der Waals surface area contributed by atoms with E-state index in [1.165, 1.54) is 18.6 Å². The lowest BCUT2D eigenvalue weighted by molar-refractivity contribution is -0.137. The molecule has 0 aromatic heterocycles. The zero-order valence-electron chi connectivity index (χ0n) is 16.9. The molecule has 0 amide bonds. The second kappa shape index (κ2) is 8.14. The van der Waals surface area contributed by atoms with Crippen molar-refractivity contribution in [3.05, 3.63) is 58.1 Å². The Balaban J connectivity index is 1.67. The molecule has 1 fully saturated rings. The minimum Gasteiger partial charge on any atom is -0.371 e. The molecule has 4 rings (SSSR count). The third-order valence-electron chi connectivity index (χ3n) is 6.03. The standard InChI is InChI=1S/C23H25ClF3N3/c1-2-16-12-20-19(13-18(16)24)29-21(22(30-20)9-4-3-5-10-22)28-14-15-7-6-8-17(11-15)23(25,26)27/h6-8,11-13,30H,2-5,9-10,14H2,1H3,(H,28,29). The lowest BCUT2D eigenvalue weighted by Crippen LogP contribution is -2.53. The van der Waals surface area contributed by atoms with Crippen LogP contribution in [0.1, 0.15) is 55.7 Å². The molecule has 2 aromatic carbocycles. The van der Waals surface area contributed by atoms with E-state index < -0.39 is 11.7 Å². The van der Waals surface area contributed by atoms with Gasteiger partial charge in [0.25, 0.3) is 0 Å². The number of hydrogen-bond acceptors (Lipinski definition) is 2. The predicted molar refractivity (Wildman–Crippen MR) is 116 cm³/mol. The number of hydrogen-bond donors (Lipinski definition) is 2. The number of benzene rings is 2. The molecule has 0 atom stereocenters. The van der Waals surface area contributed by atoms with Gasteiger partial charge < -0.3 is 10.6 Å². The summed E-state index contributed by atoms with van der Waals surface area (Å²) in [6.07, 6.45) is 1.71. The van der Waals surface area contributed by atoms with E-state index in [1.54, 1.807) is 6.07 Å². The molecule has 2 N–H and O–H groups in total. The Morgan fingerprint density at radius 1 is 1.07 bits per heavy atom. The predicted octanol–water partition coefficient (Wildman–Crippen LogP) is 7.06. The fourth-order valence-corrected chi connectivity index (χ4v) is 4.68. The summed E-state index contributed by atoms with van der Waals surface area (Å²) in [6, 6.07) is 9.36. The van der Waals surface area contributed by atoms with E-state index in [1.807, 2.05) is 6.07 Å². The molecule has 2 aliphatic rings. The normalized spacial score (nSPS) is 19.3. The van der Waals surface area contributed by atoms with Crippen molar-refractivity contribution >= 4 is 28.8 Å². The summed E-state index contributed by atoms with van der Waals surface area (Å²) in [5.41, 5.74) is 2.53. The van der Waals surface area contributed by atoms with Gasteiger partial charge in [0.15, 0.2) is 0 Å². The van der Waals surface area contributed by atoms with E-state index in [9.17, 15) is 13.2 Å². The van der Waals surface area contributed by atoms with Crippen LogP contribution in [0.5, 0.6) is 0 Å². The third-order valence-corrected chi connectivity index (χ3v) is 6.38. The van der Waals surface area contributed by atoms with Crippen LogP contribution in [0.2, 0.25) is 5.02 Å². The largest absolute Gasteiger partial charge is 0.416 e. The first-order chi connectivity index (χ1) is 14.3. The number of nitrogens with zero attached hydrogens (tertiary/aromatic N) is 1. The molecular weight excluding hydrogens is 411 g/mol. The van der Waals surface area contributed by atoms with Crippen LogP contribution in [0.4, 0.5) is 24.5 Å². The topological polar surface area (TPSA) is 36.4 Å². The zero-order valence-corrected chi connectivity index (χ0v) is 17.6. The first-order valence-corrected chi connectivity index (χ1v) is 10.8. The smallest absolute Gasteiger partial charge is 0.371 e. The SMILES string of the molecule is CCc1cc2c(cc1Cl)NC(=NCc1cccc(C(F)(F)F)c1)C1(CCCCC1)N2. The molecule has 1 heterocycles. The van der Waals surface area contributed by atoms with E-state index >= 15 is 0 Å².